The number of nitrogens with zero attached hydrogens (tertiary/aromatic N) is 2. The van der Waals surface area contributed by atoms with Gasteiger partial charge in [0.2, 0.25) is 0 Å². The van der Waals surface area contributed by atoms with Crippen molar-refractivity contribution in [3.63, 3.8) is 0 Å². The van der Waals surface area contributed by atoms with Crippen LogP contribution in [0.3, 0.4) is 0 Å². The monoisotopic (exact) mass is 446 g/mol. The maximum Gasteiger partial charge on any atom is 0.286 e. The fourth-order valence-corrected chi connectivity index (χ4v) is 4.58. The quantitative estimate of drug-likeness (QED) is 0.496. The van der Waals surface area contributed by atoms with Gasteiger partial charge in [-0.1, -0.05) is 17.4 Å². The molecule has 0 fully saturated rings. The Hall–Kier alpha value is -2.91. The van der Waals surface area contributed by atoms with Crippen molar-refractivity contribution in [1.82, 2.24) is 4.57 Å². The van der Waals surface area contributed by atoms with Crippen LogP contribution in [0.15, 0.2) is 65.0 Å². The van der Waals surface area contributed by atoms with Gasteiger partial charge in [0, 0.05) is 12.8 Å². The zero-order valence-corrected chi connectivity index (χ0v) is 18.3. The van der Waals surface area contributed by atoms with E-state index in [4.69, 9.17) is 9.47 Å². The Balaban J connectivity index is 1.85. The van der Waals surface area contributed by atoms with E-state index in [9.17, 15) is 13.2 Å². The molecule has 0 radical (unpaired) electrons. The number of sulfone groups is 1. The van der Waals surface area contributed by atoms with E-state index in [2.05, 4.69) is 11.6 Å². The molecule has 3 rings (SSSR count). The molecule has 1 amide bonds. The molecule has 30 heavy (non-hydrogen) atoms. The second-order valence-electron chi connectivity index (χ2n) is 6.38. The zero-order chi connectivity index (χ0) is 21.7. The number of rotatable bonds is 8. The topological polar surface area (TPSA) is 87.0 Å². The molecular formula is C21H22N2O5S2. The largest absolute Gasteiger partial charge is 0.494 e. The average Bonchev–Trinajstić information content (AvgIpc) is 3.04. The third kappa shape index (κ3) is 5.17. The summed E-state index contributed by atoms with van der Waals surface area (Å²) in [5.41, 5.74) is 0.784. The Morgan fingerprint density at radius 3 is 2.43 bits per heavy atom. The summed E-state index contributed by atoms with van der Waals surface area (Å²) in [5.74, 6) is 0.816. The lowest BCUT2D eigenvalue weighted by Crippen LogP contribution is -2.19. The van der Waals surface area contributed by atoms with Crippen molar-refractivity contribution >= 4 is 37.3 Å². The van der Waals surface area contributed by atoms with Crippen LogP contribution in [0.2, 0.25) is 0 Å². The Kier molecular flexibility index (Phi) is 6.73. The van der Waals surface area contributed by atoms with E-state index in [1.165, 1.54) is 11.3 Å². The molecule has 0 aliphatic rings. The highest BCUT2D eigenvalue weighted by molar-refractivity contribution is 7.90. The van der Waals surface area contributed by atoms with Crippen LogP contribution < -0.4 is 14.3 Å². The van der Waals surface area contributed by atoms with E-state index in [1.807, 2.05) is 11.5 Å². The van der Waals surface area contributed by atoms with Gasteiger partial charge < -0.3 is 14.0 Å². The Morgan fingerprint density at radius 1 is 1.17 bits per heavy atom. The van der Waals surface area contributed by atoms with Crippen LogP contribution in [-0.2, 0) is 21.2 Å². The lowest BCUT2D eigenvalue weighted by Gasteiger charge is -2.06. The van der Waals surface area contributed by atoms with Gasteiger partial charge in [-0.2, -0.15) is 4.99 Å². The molecule has 9 heteroatoms. The number of fused-ring (bicyclic) bond motifs is 1. The van der Waals surface area contributed by atoms with Gasteiger partial charge in [-0.25, -0.2) is 8.42 Å². The molecule has 0 aliphatic carbocycles. The normalized spacial score (nSPS) is 12.1. The maximum atomic E-state index is 12.4. The van der Waals surface area contributed by atoms with Crippen LogP contribution in [0, 0.1) is 0 Å². The van der Waals surface area contributed by atoms with Gasteiger partial charge in [-0.15, -0.1) is 6.58 Å². The highest BCUT2D eigenvalue weighted by Gasteiger charge is 2.12. The zero-order valence-electron chi connectivity index (χ0n) is 16.7. The molecule has 0 bridgehead atoms. The van der Waals surface area contributed by atoms with Crippen LogP contribution >= 0.6 is 11.3 Å². The third-order valence-corrected chi connectivity index (χ3v) is 6.26. The van der Waals surface area contributed by atoms with Gasteiger partial charge >= 0.3 is 0 Å². The van der Waals surface area contributed by atoms with E-state index in [1.54, 1.807) is 48.5 Å². The minimum absolute atomic E-state index is 0.217. The van der Waals surface area contributed by atoms with Gasteiger partial charge in [0.25, 0.3) is 5.91 Å². The second-order valence-corrected chi connectivity index (χ2v) is 9.41. The van der Waals surface area contributed by atoms with Gasteiger partial charge in [0.1, 0.15) is 11.5 Å². The Morgan fingerprint density at radius 2 is 1.83 bits per heavy atom. The summed E-state index contributed by atoms with van der Waals surface area (Å²) >= 11 is 1.24. The summed E-state index contributed by atoms with van der Waals surface area (Å²) < 4.78 is 37.1. The fourth-order valence-electron chi connectivity index (χ4n) is 2.76. The van der Waals surface area contributed by atoms with Gasteiger partial charge in [0.05, 0.1) is 21.7 Å². The molecule has 0 saturated heterocycles. The van der Waals surface area contributed by atoms with Crippen LogP contribution in [0.5, 0.6) is 11.5 Å². The summed E-state index contributed by atoms with van der Waals surface area (Å²) in [4.78, 5) is 17.2. The van der Waals surface area contributed by atoms with Crippen molar-refractivity contribution in [1.29, 1.82) is 0 Å². The minimum atomic E-state index is -3.33. The van der Waals surface area contributed by atoms with Crippen LogP contribution in [0.4, 0.5) is 0 Å². The highest BCUT2D eigenvalue weighted by Crippen LogP contribution is 2.22. The van der Waals surface area contributed by atoms with Crippen LogP contribution in [0.25, 0.3) is 10.2 Å². The predicted molar refractivity (Wildman–Crippen MR) is 117 cm³/mol. The average molecular weight is 447 g/mol. The molecule has 2 aromatic carbocycles. The number of thiazole rings is 1. The number of ether oxygens (including phenoxy) is 2. The molecule has 3 aromatic rings. The number of benzene rings is 2. The van der Waals surface area contributed by atoms with E-state index in [0.29, 0.717) is 23.7 Å². The van der Waals surface area contributed by atoms with Gasteiger partial charge in [-0.05, 0) is 49.4 Å². The molecular weight excluding hydrogens is 424 g/mol. The Labute approximate surface area is 178 Å². The van der Waals surface area contributed by atoms with E-state index in [0.717, 1.165) is 22.2 Å². The van der Waals surface area contributed by atoms with E-state index in [-0.39, 0.29) is 11.5 Å². The van der Waals surface area contributed by atoms with Crippen molar-refractivity contribution in [2.75, 3.05) is 19.5 Å². The van der Waals surface area contributed by atoms with Gasteiger partial charge in [-0.3, -0.25) is 4.79 Å². The molecule has 1 aromatic heterocycles. The number of amides is 1. The summed E-state index contributed by atoms with van der Waals surface area (Å²) in [6, 6.07) is 11.8. The fraction of sp³-hybridized carbons (Fsp3) is 0.238. The molecule has 158 valence electrons. The second kappa shape index (κ2) is 9.27. The first-order chi connectivity index (χ1) is 14.3. The lowest BCUT2D eigenvalue weighted by atomic mass is 10.3. The molecule has 7 nitrogen and oxygen atoms in total. The molecule has 0 spiro atoms. The minimum Gasteiger partial charge on any atom is -0.494 e. The number of carbonyl (C=O) groups excluding carboxylic acids is 1. The lowest BCUT2D eigenvalue weighted by molar-refractivity contribution is -0.120. The van der Waals surface area contributed by atoms with Crippen molar-refractivity contribution in [3.05, 3.63) is 59.9 Å². The molecule has 0 N–H and O–H groups in total. The first-order valence-electron chi connectivity index (χ1n) is 9.19. The summed E-state index contributed by atoms with van der Waals surface area (Å²) in [6.07, 6.45) is 2.85. The number of aromatic nitrogens is 1. The first-order valence-corrected chi connectivity index (χ1v) is 11.9. The molecule has 0 saturated carbocycles. The molecule has 0 aliphatic heterocycles. The summed E-state index contributed by atoms with van der Waals surface area (Å²) in [7, 11) is -3.33. The number of allylic oxidation sites excluding steroid dienone is 1. The SMILES string of the molecule is C=CCn1c(=NC(=O)COc2ccc(OCC)cc2)sc2cc(S(C)(=O)=O)ccc21. The molecule has 0 atom stereocenters. The van der Waals surface area contributed by atoms with E-state index < -0.39 is 15.7 Å². The first kappa shape index (κ1) is 21.8. The molecule has 1 heterocycles. The highest BCUT2D eigenvalue weighted by atomic mass is 32.2. The van der Waals surface area contributed by atoms with E-state index >= 15 is 0 Å². The van der Waals surface area contributed by atoms with Crippen molar-refractivity contribution in [3.8, 4) is 11.5 Å². The van der Waals surface area contributed by atoms with Gasteiger partial charge in [0.15, 0.2) is 21.2 Å². The van der Waals surface area contributed by atoms with Crippen LogP contribution in [-0.4, -0.2) is 38.4 Å². The summed E-state index contributed by atoms with van der Waals surface area (Å²) in [5, 5.41) is 0. The number of hydrogen-bond donors (Lipinski definition) is 0. The van der Waals surface area contributed by atoms with Crippen molar-refractivity contribution < 1.29 is 22.7 Å². The van der Waals surface area contributed by atoms with Crippen molar-refractivity contribution in [2.45, 2.75) is 18.4 Å². The number of hydrogen-bond acceptors (Lipinski definition) is 6. The van der Waals surface area contributed by atoms with Crippen LogP contribution in [0.1, 0.15) is 6.92 Å². The van der Waals surface area contributed by atoms with Crippen molar-refractivity contribution in [2.24, 2.45) is 4.99 Å². The predicted octanol–water partition coefficient (Wildman–Crippen LogP) is 3.20. The third-order valence-electron chi connectivity index (χ3n) is 4.11. The number of carbonyl (C=O) groups is 1. The summed E-state index contributed by atoms with van der Waals surface area (Å²) in [6.45, 7) is 6.43. The molecule has 0 unspecified atom stereocenters. The maximum absolute atomic E-state index is 12.4. The smallest absolute Gasteiger partial charge is 0.286 e. The Bertz CT molecular complexity index is 1240. The standard InChI is InChI=1S/C21H22N2O5S2/c1-4-12-23-18-11-10-17(30(3,25)26)13-19(18)29-21(23)22-20(24)14-28-16-8-6-15(7-9-16)27-5-2/h4,6-11,13H,1,5,12,14H2,2-3H3.